The normalized spacial score (nSPS) is 15.3. The molecule has 2 aliphatic carbocycles. The van der Waals surface area contributed by atoms with Crippen molar-refractivity contribution in [2.75, 3.05) is 109 Å². The summed E-state index contributed by atoms with van der Waals surface area (Å²) < 4.78 is 170. The SMILES string of the molecule is CC(=O)OOC(C)=O.CC1CCN(C(=O)OC(C)(C)C)CC1.CN(C)Cc1cn(C2CCN(C(=O)OC(C)(C)C)CC2)c(CCC(F)(F)F)n1.CN(C)Cc1cn(C2CCNCC2)c(CCC(F)(F)F)n1.CN(C)Cc1cnc(CCC(F)(F)F)[nH]1.Cc1c(C=O)ccc2c1C=C(C#N)C2.Cc1c(CN2CCC(n3cc(CN(C)C)nc3CCC(F)(F)F)CC2)ccc2c1C=C(C#N)C2.Cl.[B-]OC(C)=O.[Na+]. The fraction of sp³-hybridized carbons (Fsp3) is 0.629. The average molecular weight is 2030 g/mol. The number of aromatic amines is 1. The average Bonchev–Trinajstić information content (AvgIpc) is 1.68. The van der Waals surface area contributed by atoms with E-state index in [0.29, 0.717) is 87.4 Å². The number of hydrogen-bond acceptors (Lipinski definition) is 23. The van der Waals surface area contributed by atoms with Crippen LogP contribution >= 0.6 is 12.4 Å². The molecule has 8 heterocycles. The number of nitrogens with one attached hydrogen (secondary N) is 2. The number of ether oxygens (including phenoxy) is 2. The number of aldehydes is 1. The molecule has 0 bridgehead atoms. The molecule has 4 fully saturated rings. The standard InChI is InChI=1S/C26H32F3N5.C19H31F3N4O2.C14H23F3N4.C12H9NO.C11H21NO2.C9H14F3N3.C4H6O4.C2H3BO2.ClH.Na/c1-18-21(5-4-20-12-19(14-30)13-24(18)20)15-33-10-7-23(8-11-33)34-17-22(16-32(2)3)31-25(34)6-9-26(27,28)29;1-18(2,3)28-17(27)25-10-7-15(8-11-25)26-13-14(12-24(4)5)23-16(26)6-9-19(20,21)22;1-20(2)9-11-10-21(12-4-7-18-8-5-12)13(19-11)3-6-14(15,16)17;1-8-11(7-14)3-2-10-4-9(6-13)5-12(8)10;1-9-5-7-12(8-6-9)10(13)14-11(2,3)4;1-15(2)6-7-5-13-8(14-7)3-4-9(10,11)12;1-3(5)7-8-4(2)6;1-2(4)5-3;;/h4-5,13,17,23H,6-12,15-16H2,1-3H3;13,15H,6-12H2,1-5H3;10,12,18H,3-9H2,1-2H3;2-3,5,7H,4H2,1H3;9H,5-8H2,1-4H3;5H,3-4,6H2,1-2H3,(H,13,14);1-2H3;1H3;1H;/q;;;;;;;-1;;+1. The van der Waals surface area contributed by atoms with Gasteiger partial charge in [0.2, 0.25) is 5.97 Å². The second-order valence-corrected chi connectivity index (χ2v) is 38.3. The summed E-state index contributed by atoms with van der Waals surface area (Å²) in [5.41, 5.74) is 12.7. The number of H-pyrrole nitrogens is 1. The van der Waals surface area contributed by atoms with E-state index in [2.05, 4.69) is 95.7 Å². The zero-order valence-corrected chi connectivity index (χ0v) is 88.1. The molecule has 2 aromatic carbocycles. The van der Waals surface area contributed by atoms with Crippen molar-refractivity contribution in [1.82, 2.24) is 78.2 Å². The fourth-order valence-electron chi connectivity index (χ4n) is 15.8. The number of fused-ring (bicyclic) bond motifs is 2. The van der Waals surface area contributed by atoms with Gasteiger partial charge in [0, 0.05) is 197 Å². The van der Waals surface area contributed by atoms with Crippen LogP contribution in [0.1, 0.15) is 260 Å². The van der Waals surface area contributed by atoms with Gasteiger partial charge in [-0.2, -0.15) is 63.2 Å². The Hall–Kier alpha value is -9.37. The summed E-state index contributed by atoms with van der Waals surface area (Å²) >= 11 is 0. The van der Waals surface area contributed by atoms with E-state index in [-0.39, 0.29) is 104 Å². The van der Waals surface area contributed by atoms with Crippen LogP contribution in [0, 0.1) is 42.4 Å². The molecule has 2 amide bonds. The summed E-state index contributed by atoms with van der Waals surface area (Å²) in [5, 5.41) is 21.3. The molecular formula is C97H140BClF12N18NaO11. The van der Waals surface area contributed by atoms with Crippen molar-refractivity contribution in [3.05, 3.63) is 151 Å². The Kier molecular flexibility index (Phi) is 52.8. The van der Waals surface area contributed by atoms with Gasteiger partial charge in [0.05, 0.1) is 54.9 Å². The minimum atomic E-state index is -4.21. The number of aryl methyl sites for hydroxylation is 4. The minimum absolute atomic E-state index is 0. The first-order valence-corrected chi connectivity index (χ1v) is 46.3. The molecule has 3 radical (unpaired) electrons. The number of nitriles is 2. The third-order valence-corrected chi connectivity index (χ3v) is 22.3. The molecule has 141 heavy (non-hydrogen) atoms. The zero-order chi connectivity index (χ0) is 104. The van der Waals surface area contributed by atoms with Gasteiger partial charge in [0.25, 0.3) is 0 Å². The van der Waals surface area contributed by atoms with E-state index in [1.807, 2.05) is 186 Å². The number of amides is 2. The predicted molar refractivity (Wildman–Crippen MR) is 510 cm³/mol. The monoisotopic (exact) mass is 2030 g/mol. The van der Waals surface area contributed by atoms with Crippen LogP contribution in [0.5, 0.6) is 0 Å². The van der Waals surface area contributed by atoms with E-state index < -0.39 is 73.9 Å². The number of allylic oxidation sites excluding steroid dienone is 2. The van der Waals surface area contributed by atoms with Crippen molar-refractivity contribution in [2.45, 2.75) is 285 Å². The Morgan fingerprint density at radius 3 is 1.20 bits per heavy atom. The molecule has 29 nitrogen and oxygen atoms in total. The van der Waals surface area contributed by atoms with Gasteiger partial charge in [0.15, 0.2) is 0 Å². The largest absolute Gasteiger partial charge is 1.00 e. The number of aromatic nitrogens is 8. The molecule has 4 aromatic heterocycles. The van der Waals surface area contributed by atoms with Crippen LogP contribution in [-0.4, -0.2) is 262 Å². The molecule has 6 aromatic rings. The van der Waals surface area contributed by atoms with Gasteiger partial charge in [0.1, 0.15) is 40.8 Å². The first-order valence-electron chi connectivity index (χ1n) is 46.3. The summed E-state index contributed by atoms with van der Waals surface area (Å²) in [6.45, 7) is 30.6. The van der Waals surface area contributed by atoms with Crippen LogP contribution in [0.4, 0.5) is 62.3 Å². The third kappa shape index (κ3) is 48.7. The van der Waals surface area contributed by atoms with Crippen molar-refractivity contribution < 1.29 is 135 Å². The van der Waals surface area contributed by atoms with Crippen molar-refractivity contribution in [3.8, 4) is 12.1 Å². The quantitative estimate of drug-likeness (QED) is 0.0210. The van der Waals surface area contributed by atoms with Crippen LogP contribution in [0.25, 0.3) is 12.2 Å². The number of nitrogens with zero attached hydrogens (tertiary/aromatic N) is 16. The predicted octanol–water partition coefficient (Wildman–Crippen LogP) is 15.4. The van der Waals surface area contributed by atoms with Crippen molar-refractivity contribution in [2.24, 2.45) is 5.92 Å². The molecule has 0 saturated carbocycles. The molecule has 4 saturated heterocycles. The van der Waals surface area contributed by atoms with E-state index in [4.69, 9.17) is 14.7 Å². The second-order valence-electron chi connectivity index (χ2n) is 38.3. The molecule has 2 N–H and O–H groups in total. The fourth-order valence-corrected chi connectivity index (χ4v) is 15.8. The number of benzene rings is 2. The Morgan fingerprint density at radius 1 is 0.511 bits per heavy atom. The first-order chi connectivity index (χ1) is 64.7. The Labute approximate surface area is 850 Å². The number of halogens is 13. The van der Waals surface area contributed by atoms with Gasteiger partial charge in [-0.25, -0.2) is 48.9 Å². The molecule has 4 aliphatic heterocycles. The van der Waals surface area contributed by atoms with Gasteiger partial charge >= 0.3 is 78.4 Å². The van der Waals surface area contributed by atoms with E-state index in [1.54, 1.807) is 11.1 Å². The minimum Gasteiger partial charge on any atom is -0.793 e. The number of alkyl halides is 12. The van der Waals surface area contributed by atoms with E-state index in [0.717, 1.165) is 167 Å². The maximum atomic E-state index is 12.9. The van der Waals surface area contributed by atoms with Gasteiger partial charge in [-0.3, -0.25) is 14.5 Å². The summed E-state index contributed by atoms with van der Waals surface area (Å²) in [7, 11) is 19.6. The topological polar surface area (TPSA) is 313 Å². The van der Waals surface area contributed by atoms with Gasteiger partial charge in [-0.05, 0) is 233 Å². The number of imidazole rings is 4. The summed E-state index contributed by atoms with van der Waals surface area (Å²) in [5.74, 6) is 0.964. The zero-order valence-electron chi connectivity index (χ0n) is 85.2. The van der Waals surface area contributed by atoms with Crippen LogP contribution in [0.3, 0.4) is 0 Å². The number of piperidine rings is 4. The number of carbonyl (C=O) groups excluding carboxylic acids is 6. The smallest absolute Gasteiger partial charge is 0.793 e. The van der Waals surface area contributed by atoms with Crippen LogP contribution < -0.4 is 34.9 Å². The molecule has 0 unspecified atom stereocenters. The van der Waals surface area contributed by atoms with Crippen molar-refractivity contribution >= 4 is 69.0 Å². The third-order valence-electron chi connectivity index (χ3n) is 22.3. The molecular weight excluding hydrogens is 1890 g/mol. The number of hydrogen-bond donors (Lipinski definition) is 2. The molecule has 44 heteroatoms. The number of rotatable bonds is 22. The van der Waals surface area contributed by atoms with Crippen LogP contribution in [-0.2, 0) is 110 Å². The number of carbonyl (C=O) groups is 6. The van der Waals surface area contributed by atoms with Gasteiger partial charge in [-0.1, -0.05) is 31.2 Å². The van der Waals surface area contributed by atoms with E-state index >= 15 is 0 Å². The summed E-state index contributed by atoms with van der Waals surface area (Å²) in [6, 6.07) is 12.9. The van der Waals surface area contributed by atoms with E-state index in [9.17, 15) is 86.7 Å². The maximum absolute atomic E-state index is 12.9. The van der Waals surface area contributed by atoms with Crippen molar-refractivity contribution in [3.63, 3.8) is 0 Å². The summed E-state index contributed by atoms with van der Waals surface area (Å²) in [6.07, 6.45) is -0.209. The molecule has 0 atom stereocenters. The molecule has 12 rings (SSSR count). The van der Waals surface area contributed by atoms with Crippen LogP contribution in [0.15, 0.2) is 60.2 Å². The second kappa shape index (κ2) is 59.2. The Morgan fingerprint density at radius 2 is 0.858 bits per heavy atom. The first kappa shape index (κ1) is 126. The van der Waals surface area contributed by atoms with Crippen molar-refractivity contribution in [1.29, 1.82) is 10.5 Å². The molecule has 0 spiro atoms. The van der Waals surface area contributed by atoms with Gasteiger partial charge in [-0.15, -0.1) is 12.4 Å². The molecule has 6 aliphatic rings. The van der Waals surface area contributed by atoms with Crippen LogP contribution in [0.2, 0.25) is 0 Å². The summed E-state index contributed by atoms with van der Waals surface area (Å²) in [4.78, 5) is 105. The van der Waals surface area contributed by atoms with Gasteiger partial charge < -0.3 is 75.6 Å². The Balaban J connectivity index is 0.000000434. The molecule has 779 valence electrons. The number of likely N-dealkylation sites (tertiary alicyclic amines) is 3. The Bertz CT molecular complexity index is 5040. The van der Waals surface area contributed by atoms with E-state index in [1.165, 1.54) is 29.2 Å². The maximum Gasteiger partial charge on any atom is 1.00 e.